The first-order valence-electron chi connectivity index (χ1n) is 6.59. The van der Waals surface area contributed by atoms with Crippen molar-refractivity contribution in [3.05, 3.63) is 0 Å². The second kappa shape index (κ2) is 11.9. The Bertz CT molecular complexity index is 337. The molecule has 0 fully saturated rings. The van der Waals surface area contributed by atoms with Gasteiger partial charge in [-0.05, 0) is 12.8 Å². The normalized spacial score (nSPS) is 11.7. The summed E-state index contributed by atoms with van der Waals surface area (Å²) in [4.78, 5) is 32.9. The number of hydrogen-bond acceptors (Lipinski definition) is 5. The van der Waals surface area contributed by atoms with E-state index in [4.69, 9.17) is 20.3 Å². The van der Waals surface area contributed by atoms with Gasteiger partial charge in [-0.3, -0.25) is 4.79 Å². The van der Waals surface area contributed by atoms with E-state index in [0.29, 0.717) is 32.8 Å². The minimum absolute atomic E-state index is 0.377. The Morgan fingerprint density at radius 2 is 1.90 bits per heavy atom. The Hall–Kier alpha value is -1.87. The zero-order chi connectivity index (χ0) is 16.1. The van der Waals surface area contributed by atoms with Gasteiger partial charge in [-0.2, -0.15) is 0 Å². The highest BCUT2D eigenvalue weighted by atomic mass is 16.5. The lowest BCUT2D eigenvalue weighted by atomic mass is 10.2. The van der Waals surface area contributed by atoms with E-state index in [1.54, 1.807) is 7.11 Å². The molecule has 0 rings (SSSR count). The third kappa shape index (κ3) is 11.6. The number of ether oxygens (including phenoxy) is 2. The van der Waals surface area contributed by atoms with Gasteiger partial charge in [-0.1, -0.05) is 0 Å². The zero-order valence-electron chi connectivity index (χ0n) is 12.1. The van der Waals surface area contributed by atoms with Crippen LogP contribution in [0.5, 0.6) is 0 Å². The number of amides is 3. The number of carboxylic acid groups (broad SMARTS) is 1. The molecule has 0 aromatic carbocycles. The molecule has 3 amide bonds. The minimum atomic E-state index is -1.32. The maximum absolute atomic E-state index is 11.4. The maximum atomic E-state index is 11.4. The fourth-order valence-electron chi connectivity index (χ4n) is 1.39. The molecule has 122 valence electrons. The van der Waals surface area contributed by atoms with Crippen molar-refractivity contribution >= 4 is 17.9 Å². The lowest BCUT2D eigenvalue weighted by Crippen LogP contribution is -2.47. The standard InChI is InChI=1S/C12H23N3O6/c1-20-6-7-21-5-3-2-4-14-12(19)15-9(11(17)18)8-10(13)16/h9H,2-8H2,1H3,(H2,13,16)(H,17,18)(H2,14,15,19)/t9-/m0/s1. The van der Waals surface area contributed by atoms with Crippen molar-refractivity contribution < 1.29 is 29.0 Å². The van der Waals surface area contributed by atoms with Crippen molar-refractivity contribution in [2.24, 2.45) is 5.73 Å². The third-order valence-electron chi connectivity index (χ3n) is 2.44. The van der Waals surface area contributed by atoms with Crippen LogP contribution >= 0.6 is 0 Å². The molecule has 0 aromatic heterocycles. The predicted molar refractivity (Wildman–Crippen MR) is 73.7 cm³/mol. The summed E-state index contributed by atoms with van der Waals surface area (Å²) in [6, 6.07) is -1.97. The van der Waals surface area contributed by atoms with E-state index in [1.165, 1.54) is 0 Å². The van der Waals surface area contributed by atoms with Crippen LogP contribution in [-0.4, -0.2) is 62.5 Å². The summed E-state index contributed by atoms with van der Waals surface area (Å²) in [6.45, 7) is 2.00. The first kappa shape index (κ1) is 19.1. The average molecular weight is 305 g/mol. The van der Waals surface area contributed by atoms with Gasteiger partial charge in [0.15, 0.2) is 0 Å². The smallest absolute Gasteiger partial charge is 0.326 e. The number of nitrogens with two attached hydrogens (primary N) is 1. The van der Waals surface area contributed by atoms with Crippen LogP contribution in [0.3, 0.4) is 0 Å². The molecular weight excluding hydrogens is 282 g/mol. The molecular formula is C12H23N3O6. The Labute approximate surface area is 123 Å². The number of hydrogen-bond donors (Lipinski definition) is 4. The zero-order valence-corrected chi connectivity index (χ0v) is 12.1. The molecule has 21 heavy (non-hydrogen) atoms. The monoisotopic (exact) mass is 305 g/mol. The van der Waals surface area contributed by atoms with Crippen LogP contribution in [0.2, 0.25) is 0 Å². The summed E-state index contributed by atoms with van der Waals surface area (Å²) in [5.41, 5.74) is 4.90. The molecule has 0 aliphatic rings. The number of primary amides is 1. The molecule has 0 aliphatic heterocycles. The van der Waals surface area contributed by atoms with Crippen LogP contribution < -0.4 is 16.4 Å². The van der Waals surface area contributed by atoms with Gasteiger partial charge in [0, 0.05) is 20.3 Å². The SMILES string of the molecule is COCCOCCCCNC(=O)N[C@@H](CC(N)=O)C(=O)O. The average Bonchev–Trinajstić information content (AvgIpc) is 2.40. The highest BCUT2D eigenvalue weighted by Gasteiger charge is 2.21. The number of carbonyl (C=O) groups excluding carboxylic acids is 2. The van der Waals surface area contributed by atoms with Crippen LogP contribution in [-0.2, 0) is 19.1 Å². The molecule has 0 bridgehead atoms. The van der Waals surface area contributed by atoms with Crippen molar-refractivity contribution in [1.29, 1.82) is 0 Å². The summed E-state index contributed by atoms with van der Waals surface area (Å²) in [6.07, 6.45) is 0.998. The topological polar surface area (TPSA) is 140 Å². The summed E-state index contributed by atoms with van der Waals surface area (Å²) in [5.74, 6) is -2.11. The van der Waals surface area contributed by atoms with Crippen molar-refractivity contribution in [2.75, 3.05) is 33.5 Å². The quantitative estimate of drug-likeness (QED) is 0.343. The number of carbonyl (C=O) groups is 3. The molecule has 9 nitrogen and oxygen atoms in total. The van der Waals surface area contributed by atoms with Crippen molar-refractivity contribution in [1.82, 2.24) is 10.6 Å². The number of methoxy groups -OCH3 is 1. The molecule has 0 saturated carbocycles. The van der Waals surface area contributed by atoms with Crippen molar-refractivity contribution in [2.45, 2.75) is 25.3 Å². The van der Waals surface area contributed by atoms with Gasteiger partial charge >= 0.3 is 12.0 Å². The fraction of sp³-hybridized carbons (Fsp3) is 0.750. The molecule has 0 spiro atoms. The van der Waals surface area contributed by atoms with E-state index >= 15 is 0 Å². The molecule has 1 atom stereocenters. The van der Waals surface area contributed by atoms with Crippen molar-refractivity contribution in [3.63, 3.8) is 0 Å². The van der Waals surface area contributed by atoms with Gasteiger partial charge in [-0.25, -0.2) is 9.59 Å². The van der Waals surface area contributed by atoms with E-state index in [9.17, 15) is 14.4 Å². The van der Waals surface area contributed by atoms with Gasteiger partial charge in [-0.15, -0.1) is 0 Å². The number of urea groups is 1. The van der Waals surface area contributed by atoms with Gasteiger partial charge in [0.05, 0.1) is 19.6 Å². The first-order chi connectivity index (χ1) is 9.97. The largest absolute Gasteiger partial charge is 0.480 e. The minimum Gasteiger partial charge on any atom is -0.480 e. The van der Waals surface area contributed by atoms with Gasteiger partial charge in [0.25, 0.3) is 0 Å². The maximum Gasteiger partial charge on any atom is 0.326 e. The highest BCUT2D eigenvalue weighted by Crippen LogP contribution is 1.92. The molecule has 0 saturated heterocycles. The highest BCUT2D eigenvalue weighted by molar-refractivity contribution is 5.87. The van der Waals surface area contributed by atoms with Crippen LogP contribution in [0.15, 0.2) is 0 Å². The van der Waals surface area contributed by atoms with E-state index in [-0.39, 0.29) is 0 Å². The van der Waals surface area contributed by atoms with E-state index in [0.717, 1.165) is 6.42 Å². The van der Waals surface area contributed by atoms with Gasteiger partial charge < -0.3 is 30.9 Å². The Kier molecular flexibility index (Phi) is 10.9. The van der Waals surface area contributed by atoms with Crippen molar-refractivity contribution in [3.8, 4) is 0 Å². The summed E-state index contributed by atoms with van der Waals surface area (Å²) >= 11 is 0. The Balaban J connectivity index is 3.69. The lowest BCUT2D eigenvalue weighted by molar-refractivity contribution is -0.140. The number of nitrogens with one attached hydrogen (secondary N) is 2. The molecule has 9 heteroatoms. The Morgan fingerprint density at radius 3 is 2.48 bits per heavy atom. The molecule has 0 aromatic rings. The summed E-state index contributed by atoms with van der Waals surface area (Å²) in [7, 11) is 1.59. The molecule has 0 radical (unpaired) electrons. The second-order valence-corrected chi connectivity index (χ2v) is 4.27. The number of rotatable bonds is 12. The van der Waals surface area contributed by atoms with Crippen LogP contribution in [0.1, 0.15) is 19.3 Å². The molecule has 0 unspecified atom stereocenters. The molecule has 0 heterocycles. The van der Waals surface area contributed by atoms with Gasteiger partial charge in [0.2, 0.25) is 5.91 Å². The number of carboxylic acids is 1. The molecule has 0 aliphatic carbocycles. The van der Waals surface area contributed by atoms with Crippen LogP contribution in [0.25, 0.3) is 0 Å². The number of aliphatic carboxylic acids is 1. The van der Waals surface area contributed by atoms with E-state index in [2.05, 4.69) is 10.6 Å². The lowest BCUT2D eigenvalue weighted by Gasteiger charge is -2.13. The van der Waals surface area contributed by atoms with Gasteiger partial charge in [0.1, 0.15) is 6.04 Å². The number of unbranched alkanes of at least 4 members (excludes halogenated alkanes) is 1. The Morgan fingerprint density at radius 1 is 1.19 bits per heavy atom. The fourth-order valence-corrected chi connectivity index (χ4v) is 1.39. The first-order valence-corrected chi connectivity index (χ1v) is 6.59. The van der Waals surface area contributed by atoms with E-state index in [1.807, 2.05) is 0 Å². The molecule has 5 N–H and O–H groups in total. The second-order valence-electron chi connectivity index (χ2n) is 4.27. The third-order valence-corrected chi connectivity index (χ3v) is 2.44. The van der Waals surface area contributed by atoms with E-state index < -0.39 is 30.4 Å². The summed E-state index contributed by atoms with van der Waals surface area (Å²) in [5, 5.41) is 13.5. The van der Waals surface area contributed by atoms with Crippen LogP contribution in [0, 0.1) is 0 Å². The predicted octanol–water partition coefficient (Wildman–Crippen LogP) is -0.943. The summed E-state index contributed by atoms with van der Waals surface area (Å²) < 4.78 is 10.1. The van der Waals surface area contributed by atoms with Crippen LogP contribution in [0.4, 0.5) is 4.79 Å².